The Kier molecular flexibility index (Phi) is 3.73. The fourth-order valence-electron chi connectivity index (χ4n) is 3.91. The second-order valence-corrected chi connectivity index (χ2v) is 5.28. The quantitative estimate of drug-likeness (QED) is 0.565. The minimum absolute atomic E-state index is 0.240. The van der Waals surface area contributed by atoms with Crippen molar-refractivity contribution in [2.45, 2.75) is 19.3 Å². The molecule has 4 heteroatoms. The Bertz CT molecular complexity index is 363. The Morgan fingerprint density at radius 1 is 1.17 bits per heavy atom. The molecule has 100 valence electrons. The van der Waals surface area contributed by atoms with Gasteiger partial charge >= 0.3 is 11.9 Å². The van der Waals surface area contributed by atoms with Crippen LogP contribution in [0, 0.1) is 29.6 Å². The number of allylic oxidation sites excluding steroid dienone is 1. The highest BCUT2D eigenvalue weighted by Crippen LogP contribution is 2.56. The number of esters is 2. The molecule has 0 saturated heterocycles. The monoisotopic (exact) mass is 252 g/mol. The second kappa shape index (κ2) is 5.12. The van der Waals surface area contributed by atoms with Crippen LogP contribution in [0.5, 0.6) is 0 Å². The molecule has 2 saturated carbocycles. The minimum Gasteiger partial charge on any atom is -0.469 e. The van der Waals surface area contributed by atoms with Gasteiger partial charge in [-0.2, -0.15) is 0 Å². The fraction of sp³-hybridized carbons (Fsp3) is 0.714. The van der Waals surface area contributed by atoms with Crippen LogP contribution in [-0.4, -0.2) is 26.2 Å². The summed E-state index contributed by atoms with van der Waals surface area (Å²) in [5.74, 6) is -0.222. The lowest BCUT2D eigenvalue weighted by Gasteiger charge is -2.32. The first-order valence-corrected chi connectivity index (χ1v) is 6.40. The maximum absolute atomic E-state index is 11.9. The predicted octanol–water partition coefficient (Wildman–Crippen LogP) is 1.80. The Hall–Kier alpha value is -1.32. The van der Waals surface area contributed by atoms with Crippen LogP contribution < -0.4 is 0 Å². The number of methoxy groups -OCH3 is 2. The van der Waals surface area contributed by atoms with Gasteiger partial charge in [0, 0.05) is 0 Å². The van der Waals surface area contributed by atoms with E-state index in [1.54, 1.807) is 0 Å². The molecule has 0 amide bonds. The molecule has 2 rings (SSSR count). The van der Waals surface area contributed by atoms with Gasteiger partial charge in [0.05, 0.1) is 26.1 Å². The lowest BCUT2D eigenvalue weighted by Crippen LogP contribution is -2.39. The van der Waals surface area contributed by atoms with Gasteiger partial charge in [-0.05, 0) is 37.0 Å². The maximum atomic E-state index is 11.9. The van der Waals surface area contributed by atoms with Crippen molar-refractivity contribution in [2.24, 2.45) is 29.6 Å². The van der Waals surface area contributed by atoms with E-state index < -0.39 is 0 Å². The van der Waals surface area contributed by atoms with Gasteiger partial charge in [-0.15, -0.1) is 6.58 Å². The zero-order valence-electron chi connectivity index (χ0n) is 10.9. The van der Waals surface area contributed by atoms with Gasteiger partial charge < -0.3 is 9.47 Å². The van der Waals surface area contributed by atoms with Crippen molar-refractivity contribution in [2.75, 3.05) is 14.2 Å². The molecule has 0 aliphatic heterocycles. The summed E-state index contributed by atoms with van der Waals surface area (Å²) in [4.78, 5) is 23.8. The lowest BCUT2D eigenvalue weighted by molar-refractivity contribution is -0.161. The highest BCUT2D eigenvalue weighted by molar-refractivity contribution is 5.83. The third-order valence-corrected chi connectivity index (χ3v) is 4.56. The maximum Gasteiger partial charge on any atom is 0.309 e. The molecule has 4 nitrogen and oxygen atoms in total. The number of ether oxygens (including phenoxy) is 2. The predicted molar refractivity (Wildman–Crippen MR) is 65.5 cm³/mol. The van der Waals surface area contributed by atoms with Crippen LogP contribution in [0.1, 0.15) is 19.3 Å². The van der Waals surface area contributed by atoms with E-state index >= 15 is 0 Å². The molecule has 0 N–H and O–H groups in total. The highest BCUT2D eigenvalue weighted by atomic mass is 16.5. The number of carbonyl (C=O) groups excluding carboxylic acids is 2. The van der Waals surface area contributed by atoms with E-state index in [2.05, 4.69) is 6.58 Å². The summed E-state index contributed by atoms with van der Waals surface area (Å²) < 4.78 is 9.71. The van der Waals surface area contributed by atoms with E-state index in [1.165, 1.54) is 14.2 Å². The molecule has 2 bridgehead atoms. The van der Waals surface area contributed by atoms with Crippen LogP contribution in [0.2, 0.25) is 0 Å². The molecule has 2 aliphatic carbocycles. The van der Waals surface area contributed by atoms with Crippen LogP contribution in [0.3, 0.4) is 0 Å². The van der Waals surface area contributed by atoms with Crippen molar-refractivity contribution in [3.05, 3.63) is 12.7 Å². The van der Waals surface area contributed by atoms with Crippen LogP contribution in [0.4, 0.5) is 0 Å². The average molecular weight is 252 g/mol. The average Bonchev–Trinajstić information content (AvgIpc) is 2.94. The molecule has 0 aromatic carbocycles. The van der Waals surface area contributed by atoms with Gasteiger partial charge in [-0.3, -0.25) is 9.59 Å². The summed E-state index contributed by atoms with van der Waals surface area (Å²) >= 11 is 0. The topological polar surface area (TPSA) is 52.6 Å². The second-order valence-electron chi connectivity index (χ2n) is 5.28. The summed E-state index contributed by atoms with van der Waals surface area (Å²) in [6.07, 6.45) is 4.72. The lowest BCUT2D eigenvalue weighted by atomic mass is 9.73. The summed E-state index contributed by atoms with van der Waals surface area (Å²) in [7, 11) is 2.76. The van der Waals surface area contributed by atoms with Crippen molar-refractivity contribution >= 4 is 11.9 Å². The molecular formula is C14H20O4. The van der Waals surface area contributed by atoms with E-state index in [0.29, 0.717) is 5.92 Å². The summed E-state index contributed by atoms with van der Waals surface area (Å²) in [6, 6.07) is 0. The van der Waals surface area contributed by atoms with Gasteiger partial charge in [0.2, 0.25) is 0 Å². The summed E-state index contributed by atoms with van der Waals surface area (Å²) in [5, 5.41) is 0. The smallest absolute Gasteiger partial charge is 0.309 e. The largest absolute Gasteiger partial charge is 0.469 e. The first kappa shape index (κ1) is 13.1. The Balaban J connectivity index is 2.22. The number of fused-ring (bicyclic) bond motifs is 2. The van der Waals surface area contributed by atoms with Gasteiger partial charge in [0.15, 0.2) is 0 Å². The number of hydrogen-bond donors (Lipinski definition) is 0. The number of rotatable bonds is 4. The van der Waals surface area contributed by atoms with Gasteiger partial charge in [-0.1, -0.05) is 6.08 Å². The van der Waals surface area contributed by atoms with Crippen LogP contribution in [0.25, 0.3) is 0 Å². The van der Waals surface area contributed by atoms with Crippen LogP contribution in [-0.2, 0) is 19.1 Å². The van der Waals surface area contributed by atoms with Gasteiger partial charge in [-0.25, -0.2) is 0 Å². The summed E-state index contributed by atoms with van der Waals surface area (Å²) in [6.45, 7) is 3.76. The molecule has 2 aliphatic rings. The Morgan fingerprint density at radius 2 is 1.78 bits per heavy atom. The molecule has 18 heavy (non-hydrogen) atoms. The SMILES string of the molecule is C=CC[C@H]1C[C@H]2C[C@@H]1[C@@H](C(=O)OC)[C@H]2C(=O)OC. The normalized spacial score (nSPS) is 37.3. The van der Waals surface area contributed by atoms with Gasteiger partial charge in [0.1, 0.15) is 0 Å². The number of carbonyl (C=O) groups is 2. The Labute approximate surface area is 107 Å². The molecule has 0 aromatic heterocycles. The molecule has 5 atom stereocenters. The third-order valence-electron chi connectivity index (χ3n) is 4.56. The van der Waals surface area contributed by atoms with Crippen molar-refractivity contribution in [1.82, 2.24) is 0 Å². The minimum atomic E-state index is -0.328. The zero-order chi connectivity index (χ0) is 13.3. The number of hydrogen-bond acceptors (Lipinski definition) is 4. The molecule has 0 spiro atoms. The van der Waals surface area contributed by atoms with Crippen LogP contribution >= 0.6 is 0 Å². The third kappa shape index (κ3) is 1.93. The van der Waals surface area contributed by atoms with Gasteiger partial charge in [0.25, 0.3) is 0 Å². The molecule has 0 aromatic rings. The Morgan fingerprint density at radius 3 is 2.33 bits per heavy atom. The molecule has 0 unspecified atom stereocenters. The van der Waals surface area contributed by atoms with E-state index in [4.69, 9.17) is 9.47 Å². The van der Waals surface area contributed by atoms with Crippen molar-refractivity contribution in [3.8, 4) is 0 Å². The molecule has 0 heterocycles. The molecular weight excluding hydrogens is 232 g/mol. The highest BCUT2D eigenvalue weighted by Gasteiger charge is 2.58. The summed E-state index contributed by atoms with van der Waals surface area (Å²) in [5.41, 5.74) is 0. The van der Waals surface area contributed by atoms with Crippen LogP contribution in [0.15, 0.2) is 12.7 Å². The van der Waals surface area contributed by atoms with Crippen molar-refractivity contribution in [3.63, 3.8) is 0 Å². The first-order chi connectivity index (χ1) is 8.63. The fourth-order valence-corrected chi connectivity index (χ4v) is 3.91. The molecule has 2 fully saturated rings. The standard InChI is InChI=1S/C14H20O4/c1-4-5-8-6-9-7-10(8)12(14(16)18-3)11(9)13(15)17-2/h4,8-12H,1,5-7H2,2-3H3/t8-,9-,10-,11-,12+/m0/s1. The molecule has 0 radical (unpaired) electrons. The van der Waals surface area contributed by atoms with E-state index in [1.807, 2.05) is 6.08 Å². The zero-order valence-corrected chi connectivity index (χ0v) is 10.9. The van der Waals surface area contributed by atoms with E-state index in [0.717, 1.165) is 19.3 Å². The van der Waals surface area contributed by atoms with E-state index in [9.17, 15) is 9.59 Å². The van der Waals surface area contributed by atoms with E-state index in [-0.39, 0.29) is 35.6 Å². The first-order valence-electron chi connectivity index (χ1n) is 6.40. The van der Waals surface area contributed by atoms with Crippen molar-refractivity contribution in [1.29, 1.82) is 0 Å². The van der Waals surface area contributed by atoms with Crippen molar-refractivity contribution < 1.29 is 19.1 Å².